The van der Waals surface area contributed by atoms with Gasteiger partial charge in [0.25, 0.3) is 11.5 Å². The number of esters is 1. The van der Waals surface area contributed by atoms with Crippen LogP contribution in [0.5, 0.6) is 5.75 Å². The first-order valence-corrected chi connectivity index (χ1v) is 8.93. The van der Waals surface area contributed by atoms with Gasteiger partial charge in [-0.1, -0.05) is 36.4 Å². The van der Waals surface area contributed by atoms with Crippen LogP contribution in [-0.4, -0.2) is 34.9 Å². The van der Waals surface area contributed by atoms with Crippen molar-refractivity contribution in [2.45, 2.75) is 6.92 Å². The Hall–Kier alpha value is -3.94. The molecule has 0 fully saturated rings. The highest BCUT2D eigenvalue weighted by molar-refractivity contribution is 5.93. The molecule has 0 spiro atoms. The van der Waals surface area contributed by atoms with Gasteiger partial charge in [0.15, 0.2) is 12.4 Å². The van der Waals surface area contributed by atoms with Gasteiger partial charge in [-0.05, 0) is 31.2 Å². The zero-order valence-electron chi connectivity index (χ0n) is 15.7. The molecule has 29 heavy (non-hydrogen) atoms. The fraction of sp³-hybridized carbons (Fsp3) is 0.143. The van der Waals surface area contributed by atoms with Crippen molar-refractivity contribution in [1.29, 1.82) is 0 Å². The fourth-order valence-corrected chi connectivity index (χ4v) is 2.51. The molecule has 148 valence electrons. The molecule has 8 nitrogen and oxygen atoms in total. The van der Waals surface area contributed by atoms with Crippen molar-refractivity contribution < 1.29 is 19.1 Å². The number of carbonyl (C=O) groups excluding carboxylic acids is 2. The van der Waals surface area contributed by atoms with Gasteiger partial charge in [-0.2, -0.15) is 9.78 Å². The van der Waals surface area contributed by atoms with E-state index >= 15 is 0 Å². The molecule has 8 heteroatoms. The van der Waals surface area contributed by atoms with Crippen LogP contribution in [0.25, 0.3) is 5.69 Å². The number of nitrogens with zero attached hydrogens (tertiary/aromatic N) is 2. The van der Waals surface area contributed by atoms with Gasteiger partial charge in [-0.15, -0.1) is 0 Å². The van der Waals surface area contributed by atoms with E-state index < -0.39 is 24.0 Å². The molecule has 2 aromatic carbocycles. The van der Waals surface area contributed by atoms with E-state index in [2.05, 4.69) is 10.4 Å². The number of hydrogen-bond acceptors (Lipinski definition) is 6. The Morgan fingerprint density at radius 3 is 2.34 bits per heavy atom. The van der Waals surface area contributed by atoms with Crippen molar-refractivity contribution in [3.63, 3.8) is 0 Å². The fourth-order valence-electron chi connectivity index (χ4n) is 2.51. The molecule has 3 rings (SSSR count). The van der Waals surface area contributed by atoms with Crippen LogP contribution < -0.4 is 15.6 Å². The van der Waals surface area contributed by atoms with E-state index in [0.717, 1.165) is 10.7 Å². The number of rotatable bonds is 7. The maximum atomic E-state index is 12.5. The lowest BCUT2D eigenvalue weighted by molar-refractivity contribution is -0.118. The molecule has 0 saturated heterocycles. The Morgan fingerprint density at radius 2 is 1.69 bits per heavy atom. The van der Waals surface area contributed by atoms with Crippen molar-refractivity contribution in [3.8, 4) is 11.4 Å². The predicted octanol–water partition coefficient (Wildman–Crippen LogP) is 2.43. The molecule has 0 aliphatic rings. The highest BCUT2D eigenvalue weighted by Crippen LogP contribution is 2.16. The first-order valence-electron chi connectivity index (χ1n) is 8.93. The first kappa shape index (κ1) is 19.8. The minimum absolute atomic E-state index is 0.121. The summed E-state index contributed by atoms with van der Waals surface area (Å²) < 4.78 is 11.5. The van der Waals surface area contributed by atoms with Gasteiger partial charge in [0.2, 0.25) is 5.69 Å². The minimum Gasteiger partial charge on any atom is -0.481 e. The zero-order chi connectivity index (χ0) is 20.6. The summed E-state index contributed by atoms with van der Waals surface area (Å²) in [6.07, 6.45) is 0. The molecule has 0 atom stereocenters. The van der Waals surface area contributed by atoms with Crippen LogP contribution in [0.2, 0.25) is 0 Å². The molecular weight excluding hydrogens is 374 g/mol. The third-order valence-corrected chi connectivity index (χ3v) is 3.78. The summed E-state index contributed by atoms with van der Waals surface area (Å²) in [4.78, 5) is 36.9. The molecule has 0 radical (unpaired) electrons. The van der Waals surface area contributed by atoms with Crippen LogP contribution in [0.4, 0.5) is 5.69 Å². The second-order valence-electron chi connectivity index (χ2n) is 5.87. The highest BCUT2D eigenvalue weighted by atomic mass is 16.5. The summed E-state index contributed by atoms with van der Waals surface area (Å²) in [5.41, 5.74) is 0.381. The normalized spacial score (nSPS) is 10.2. The highest BCUT2D eigenvalue weighted by Gasteiger charge is 2.20. The Morgan fingerprint density at radius 1 is 1.03 bits per heavy atom. The standard InChI is InChI=1S/C21H19N3O5/c1-2-28-21(27)20-17(29-14-18(25)22-15-9-5-3-6-10-15)13-19(26)24(23-20)16-11-7-4-8-12-16/h3-13H,2,14H2,1H3,(H,22,25). The Labute approximate surface area is 166 Å². The molecule has 1 N–H and O–H groups in total. The second-order valence-corrected chi connectivity index (χ2v) is 5.87. The summed E-state index contributed by atoms with van der Waals surface area (Å²) in [6.45, 7) is 1.37. The molecule has 0 saturated carbocycles. The monoisotopic (exact) mass is 393 g/mol. The quantitative estimate of drug-likeness (QED) is 0.619. The second kappa shape index (κ2) is 9.32. The van der Waals surface area contributed by atoms with Gasteiger partial charge in [0.1, 0.15) is 0 Å². The smallest absolute Gasteiger partial charge is 0.362 e. The van der Waals surface area contributed by atoms with Gasteiger partial charge in [-0.25, -0.2) is 4.79 Å². The molecule has 1 aromatic heterocycles. The summed E-state index contributed by atoms with van der Waals surface area (Å²) >= 11 is 0. The van der Waals surface area contributed by atoms with Gasteiger partial charge >= 0.3 is 5.97 Å². The van der Waals surface area contributed by atoms with E-state index in [1.165, 1.54) is 0 Å². The molecular formula is C21H19N3O5. The van der Waals surface area contributed by atoms with Crippen molar-refractivity contribution in [1.82, 2.24) is 9.78 Å². The lowest BCUT2D eigenvalue weighted by atomic mass is 10.3. The van der Waals surface area contributed by atoms with Crippen LogP contribution in [0.15, 0.2) is 71.5 Å². The van der Waals surface area contributed by atoms with E-state index in [0.29, 0.717) is 11.4 Å². The average molecular weight is 393 g/mol. The first-order chi connectivity index (χ1) is 14.1. The topological polar surface area (TPSA) is 99.5 Å². The largest absolute Gasteiger partial charge is 0.481 e. The van der Waals surface area contributed by atoms with E-state index in [9.17, 15) is 14.4 Å². The lowest BCUT2D eigenvalue weighted by Crippen LogP contribution is -2.27. The molecule has 0 aliphatic heterocycles. The molecule has 1 amide bonds. The van der Waals surface area contributed by atoms with Crippen molar-refractivity contribution in [2.24, 2.45) is 0 Å². The maximum Gasteiger partial charge on any atom is 0.362 e. The predicted molar refractivity (Wildman–Crippen MR) is 106 cm³/mol. The zero-order valence-corrected chi connectivity index (χ0v) is 15.7. The van der Waals surface area contributed by atoms with Crippen LogP contribution in [-0.2, 0) is 9.53 Å². The van der Waals surface area contributed by atoms with E-state index in [1.54, 1.807) is 61.5 Å². The van der Waals surface area contributed by atoms with Gasteiger partial charge in [0, 0.05) is 5.69 Å². The summed E-state index contributed by atoms with van der Waals surface area (Å²) in [5.74, 6) is -1.32. The van der Waals surface area contributed by atoms with Crippen LogP contribution in [0, 0.1) is 0 Å². The minimum atomic E-state index is -0.754. The van der Waals surface area contributed by atoms with Gasteiger partial charge in [-0.3, -0.25) is 9.59 Å². The number of anilines is 1. The maximum absolute atomic E-state index is 12.5. The van der Waals surface area contributed by atoms with E-state index in [4.69, 9.17) is 9.47 Å². The Bertz CT molecular complexity index is 1050. The number of carbonyl (C=O) groups is 2. The van der Waals surface area contributed by atoms with Gasteiger partial charge in [0.05, 0.1) is 18.4 Å². The van der Waals surface area contributed by atoms with E-state index in [-0.39, 0.29) is 18.1 Å². The molecule has 0 unspecified atom stereocenters. The average Bonchev–Trinajstić information content (AvgIpc) is 2.74. The van der Waals surface area contributed by atoms with Crippen LogP contribution in [0.3, 0.4) is 0 Å². The molecule has 3 aromatic rings. The number of para-hydroxylation sites is 2. The van der Waals surface area contributed by atoms with Crippen LogP contribution >= 0.6 is 0 Å². The number of ether oxygens (including phenoxy) is 2. The number of aromatic nitrogens is 2. The molecule has 0 aliphatic carbocycles. The lowest BCUT2D eigenvalue weighted by Gasteiger charge is -2.12. The number of nitrogens with one attached hydrogen (secondary N) is 1. The summed E-state index contributed by atoms with van der Waals surface area (Å²) in [6, 6.07) is 18.6. The third kappa shape index (κ3) is 5.07. The van der Waals surface area contributed by atoms with Crippen molar-refractivity contribution >= 4 is 17.6 Å². The summed E-state index contributed by atoms with van der Waals surface area (Å²) in [5, 5.41) is 6.75. The number of benzene rings is 2. The van der Waals surface area contributed by atoms with Gasteiger partial charge < -0.3 is 14.8 Å². The molecule has 1 heterocycles. The number of hydrogen-bond donors (Lipinski definition) is 1. The van der Waals surface area contributed by atoms with E-state index in [1.807, 2.05) is 6.07 Å². The molecule has 0 bridgehead atoms. The van der Waals surface area contributed by atoms with Crippen LogP contribution in [0.1, 0.15) is 17.4 Å². The third-order valence-electron chi connectivity index (χ3n) is 3.78. The SMILES string of the molecule is CCOC(=O)c1nn(-c2ccccc2)c(=O)cc1OCC(=O)Nc1ccccc1. The Balaban J connectivity index is 1.85. The summed E-state index contributed by atoms with van der Waals surface area (Å²) in [7, 11) is 0. The van der Waals surface area contributed by atoms with Crippen molar-refractivity contribution in [2.75, 3.05) is 18.5 Å². The van der Waals surface area contributed by atoms with Crippen molar-refractivity contribution in [3.05, 3.63) is 82.8 Å². The Kier molecular flexibility index (Phi) is 6.36. The number of amides is 1.